The van der Waals surface area contributed by atoms with Crippen molar-refractivity contribution in [3.05, 3.63) is 101 Å². The zero-order valence-corrected chi connectivity index (χ0v) is 17.1. The van der Waals surface area contributed by atoms with E-state index in [4.69, 9.17) is 4.98 Å². The SMILES string of the molecule is O=C(c1ccccc1)c1ccc(C(=O)N2CCC[C@@H]2c2nc3ccccc3s2)cc1. The van der Waals surface area contributed by atoms with Gasteiger partial charge in [0.25, 0.3) is 5.91 Å². The number of benzene rings is 3. The van der Waals surface area contributed by atoms with Gasteiger partial charge in [-0.1, -0.05) is 54.6 Å². The van der Waals surface area contributed by atoms with Gasteiger partial charge in [0.1, 0.15) is 5.01 Å². The van der Waals surface area contributed by atoms with Crippen LogP contribution in [-0.2, 0) is 0 Å². The van der Waals surface area contributed by atoms with Gasteiger partial charge in [-0.05, 0) is 37.1 Å². The Morgan fingerprint density at radius 1 is 0.833 bits per heavy atom. The molecule has 4 nitrogen and oxygen atoms in total. The molecule has 1 fully saturated rings. The van der Waals surface area contributed by atoms with E-state index in [-0.39, 0.29) is 17.7 Å². The number of likely N-dealkylation sites (tertiary alicyclic amines) is 1. The third kappa shape index (κ3) is 3.42. The van der Waals surface area contributed by atoms with Crippen molar-refractivity contribution in [3.63, 3.8) is 0 Å². The third-order valence-corrected chi connectivity index (χ3v) is 6.68. The second-order valence-electron chi connectivity index (χ2n) is 7.45. The first-order chi connectivity index (χ1) is 14.7. The van der Waals surface area contributed by atoms with Gasteiger partial charge in [0.2, 0.25) is 0 Å². The Balaban J connectivity index is 1.37. The minimum Gasteiger partial charge on any atom is -0.329 e. The highest BCUT2D eigenvalue weighted by Crippen LogP contribution is 2.37. The largest absolute Gasteiger partial charge is 0.329 e. The normalized spacial score (nSPS) is 16.1. The molecule has 0 aliphatic carbocycles. The quantitative estimate of drug-likeness (QED) is 0.416. The Kier molecular flexibility index (Phi) is 4.89. The van der Waals surface area contributed by atoms with Crippen molar-refractivity contribution in [1.29, 1.82) is 0 Å². The van der Waals surface area contributed by atoms with E-state index >= 15 is 0 Å². The molecule has 0 spiro atoms. The summed E-state index contributed by atoms with van der Waals surface area (Å²) in [7, 11) is 0. The molecule has 0 radical (unpaired) electrons. The number of para-hydroxylation sites is 1. The second-order valence-corrected chi connectivity index (χ2v) is 8.51. The number of aromatic nitrogens is 1. The molecule has 1 aliphatic rings. The van der Waals surface area contributed by atoms with Crippen molar-refractivity contribution < 1.29 is 9.59 Å². The number of rotatable bonds is 4. The summed E-state index contributed by atoms with van der Waals surface area (Å²) in [6.45, 7) is 0.726. The number of carbonyl (C=O) groups is 2. The van der Waals surface area contributed by atoms with E-state index in [0.717, 1.165) is 34.6 Å². The first-order valence-corrected chi connectivity index (χ1v) is 10.9. The molecule has 2 heterocycles. The van der Waals surface area contributed by atoms with Crippen molar-refractivity contribution in [1.82, 2.24) is 9.88 Å². The summed E-state index contributed by atoms with van der Waals surface area (Å²) in [5, 5.41) is 0.998. The van der Waals surface area contributed by atoms with Crippen molar-refractivity contribution in [3.8, 4) is 0 Å². The second kappa shape index (κ2) is 7.84. The maximum Gasteiger partial charge on any atom is 0.254 e. The fraction of sp³-hybridized carbons (Fsp3) is 0.160. The maximum atomic E-state index is 13.2. The van der Waals surface area contributed by atoms with Gasteiger partial charge in [0.05, 0.1) is 16.3 Å². The van der Waals surface area contributed by atoms with E-state index in [0.29, 0.717) is 16.7 Å². The topological polar surface area (TPSA) is 50.3 Å². The minimum atomic E-state index is -0.0388. The number of amides is 1. The Labute approximate surface area is 178 Å². The van der Waals surface area contributed by atoms with Crippen LogP contribution in [0, 0.1) is 0 Å². The molecule has 1 amide bonds. The lowest BCUT2D eigenvalue weighted by Gasteiger charge is -2.23. The first kappa shape index (κ1) is 18.7. The molecule has 0 N–H and O–H groups in total. The number of ketones is 1. The Hall–Kier alpha value is -3.31. The predicted octanol–water partition coefficient (Wildman–Crippen LogP) is 5.50. The number of fused-ring (bicyclic) bond motifs is 1. The van der Waals surface area contributed by atoms with Crippen molar-refractivity contribution >= 4 is 33.2 Å². The number of thiazole rings is 1. The van der Waals surface area contributed by atoms with Gasteiger partial charge in [-0.15, -0.1) is 11.3 Å². The van der Waals surface area contributed by atoms with Crippen molar-refractivity contribution in [2.24, 2.45) is 0 Å². The van der Waals surface area contributed by atoms with Crippen LogP contribution in [-0.4, -0.2) is 28.1 Å². The number of hydrogen-bond acceptors (Lipinski definition) is 4. The van der Waals surface area contributed by atoms with E-state index in [2.05, 4.69) is 6.07 Å². The molecule has 1 saturated heterocycles. The molecule has 4 aromatic rings. The lowest BCUT2D eigenvalue weighted by atomic mass is 10.0. The molecule has 3 aromatic carbocycles. The van der Waals surface area contributed by atoms with E-state index < -0.39 is 0 Å². The van der Waals surface area contributed by atoms with Crippen LogP contribution in [0.3, 0.4) is 0 Å². The number of hydrogen-bond donors (Lipinski definition) is 0. The summed E-state index contributed by atoms with van der Waals surface area (Å²) in [4.78, 5) is 32.5. The average molecular weight is 413 g/mol. The fourth-order valence-electron chi connectivity index (χ4n) is 3.99. The Bertz CT molecular complexity index is 1180. The first-order valence-electron chi connectivity index (χ1n) is 10.1. The Morgan fingerprint density at radius 2 is 1.50 bits per heavy atom. The van der Waals surface area contributed by atoms with Crippen LogP contribution >= 0.6 is 11.3 Å². The minimum absolute atomic E-state index is 0.00420. The fourth-order valence-corrected chi connectivity index (χ4v) is 5.10. The lowest BCUT2D eigenvalue weighted by molar-refractivity contribution is 0.0735. The summed E-state index contributed by atoms with van der Waals surface area (Å²) in [5.74, 6) is -0.0430. The molecule has 1 aliphatic heterocycles. The molecular formula is C25H20N2O2S. The van der Waals surface area contributed by atoms with Crippen LogP contribution in [0.5, 0.6) is 0 Å². The van der Waals surface area contributed by atoms with E-state index in [1.54, 1.807) is 47.7 Å². The monoisotopic (exact) mass is 412 g/mol. The van der Waals surface area contributed by atoms with Gasteiger partial charge in [-0.2, -0.15) is 0 Å². The molecule has 5 heteroatoms. The van der Waals surface area contributed by atoms with Gasteiger partial charge in [0.15, 0.2) is 5.78 Å². The van der Waals surface area contributed by atoms with Crippen LogP contribution in [0.25, 0.3) is 10.2 Å². The van der Waals surface area contributed by atoms with Crippen LogP contribution in [0.15, 0.2) is 78.9 Å². The summed E-state index contributed by atoms with van der Waals surface area (Å²) < 4.78 is 1.15. The number of carbonyl (C=O) groups excluding carboxylic acids is 2. The molecule has 0 saturated carbocycles. The van der Waals surface area contributed by atoms with Gasteiger partial charge >= 0.3 is 0 Å². The van der Waals surface area contributed by atoms with Crippen molar-refractivity contribution in [2.45, 2.75) is 18.9 Å². The number of nitrogens with zero attached hydrogens (tertiary/aromatic N) is 2. The lowest BCUT2D eigenvalue weighted by Crippen LogP contribution is -2.30. The molecule has 0 unspecified atom stereocenters. The Morgan fingerprint density at radius 3 is 2.27 bits per heavy atom. The van der Waals surface area contributed by atoms with Gasteiger partial charge in [-0.3, -0.25) is 9.59 Å². The summed E-state index contributed by atoms with van der Waals surface area (Å²) >= 11 is 1.67. The van der Waals surface area contributed by atoms with Crippen LogP contribution in [0.1, 0.15) is 50.2 Å². The summed E-state index contributed by atoms with van der Waals surface area (Å²) in [6, 6.07) is 24.3. The highest BCUT2D eigenvalue weighted by Gasteiger charge is 2.32. The molecule has 148 valence electrons. The van der Waals surface area contributed by atoms with E-state index in [9.17, 15) is 9.59 Å². The van der Waals surface area contributed by atoms with Gasteiger partial charge < -0.3 is 4.90 Å². The zero-order valence-electron chi connectivity index (χ0n) is 16.3. The van der Waals surface area contributed by atoms with E-state index in [1.807, 2.05) is 41.3 Å². The molecule has 1 aromatic heterocycles. The van der Waals surface area contributed by atoms with Crippen molar-refractivity contribution in [2.75, 3.05) is 6.54 Å². The van der Waals surface area contributed by atoms with E-state index in [1.165, 1.54) is 0 Å². The van der Waals surface area contributed by atoms with Gasteiger partial charge in [0, 0.05) is 23.2 Å². The molecule has 1 atom stereocenters. The van der Waals surface area contributed by atoms with Crippen LogP contribution < -0.4 is 0 Å². The van der Waals surface area contributed by atoms with Crippen LogP contribution in [0.4, 0.5) is 0 Å². The summed E-state index contributed by atoms with van der Waals surface area (Å²) in [5.41, 5.74) is 2.82. The predicted molar refractivity (Wildman–Crippen MR) is 119 cm³/mol. The summed E-state index contributed by atoms with van der Waals surface area (Å²) in [6.07, 6.45) is 1.90. The maximum absolute atomic E-state index is 13.2. The van der Waals surface area contributed by atoms with Crippen LogP contribution in [0.2, 0.25) is 0 Å². The van der Waals surface area contributed by atoms with Gasteiger partial charge in [-0.25, -0.2) is 4.98 Å². The third-order valence-electron chi connectivity index (χ3n) is 5.54. The average Bonchev–Trinajstić information content (AvgIpc) is 3.45. The smallest absolute Gasteiger partial charge is 0.254 e. The highest BCUT2D eigenvalue weighted by atomic mass is 32.1. The highest BCUT2D eigenvalue weighted by molar-refractivity contribution is 7.18. The molecule has 30 heavy (non-hydrogen) atoms. The molecule has 5 rings (SSSR count). The molecular weight excluding hydrogens is 392 g/mol. The molecule has 0 bridgehead atoms. The zero-order chi connectivity index (χ0) is 20.5. The standard InChI is InChI=1S/C25H20N2O2S/c28-23(17-7-2-1-3-8-17)18-12-14-19(15-13-18)25(29)27-16-6-10-21(27)24-26-20-9-4-5-11-22(20)30-24/h1-5,7-9,11-15,21H,6,10,16H2/t21-/m1/s1.